The summed E-state index contributed by atoms with van der Waals surface area (Å²) in [5.41, 5.74) is 8.78. The molecule has 0 fully saturated rings. The number of furan rings is 1. The second-order valence-corrected chi connectivity index (χ2v) is 12.8. The summed E-state index contributed by atoms with van der Waals surface area (Å²) >= 11 is 0. The van der Waals surface area contributed by atoms with Gasteiger partial charge in [-0.3, -0.25) is 0 Å². The second-order valence-electron chi connectivity index (χ2n) is 12.8. The monoisotopic (exact) mass is 651 g/mol. The lowest BCUT2D eigenvalue weighted by Crippen LogP contribution is -2.01. The van der Waals surface area contributed by atoms with Crippen LogP contribution >= 0.6 is 0 Å². The first kappa shape index (κ1) is 29.0. The third-order valence-corrected chi connectivity index (χ3v) is 9.69. The molecule has 0 aliphatic heterocycles. The van der Waals surface area contributed by atoms with Crippen LogP contribution < -0.4 is 0 Å². The number of rotatable bonds is 5. The summed E-state index contributed by atoms with van der Waals surface area (Å²) in [6, 6.07) is 61.0. The molecular weight excluding hydrogens is 623 g/mol. The van der Waals surface area contributed by atoms with E-state index in [9.17, 15) is 0 Å². The van der Waals surface area contributed by atoms with Crippen molar-refractivity contribution in [3.8, 4) is 56.4 Å². The maximum atomic E-state index is 6.79. The van der Waals surface area contributed by atoms with Gasteiger partial charge in [0.05, 0.1) is 0 Å². The van der Waals surface area contributed by atoms with Crippen molar-refractivity contribution < 1.29 is 4.42 Å². The van der Waals surface area contributed by atoms with Crippen LogP contribution in [0.2, 0.25) is 0 Å². The molecule has 0 spiro atoms. The topological polar surface area (TPSA) is 51.8 Å². The molecule has 10 rings (SSSR count). The lowest BCUT2D eigenvalue weighted by molar-refractivity contribution is 0.670. The van der Waals surface area contributed by atoms with E-state index >= 15 is 0 Å². The Balaban J connectivity index is 1.21. The molecule has 0 saturated heterocycles. The minimum absolute atomic E-state index is 0.585. The van der Waals surface area contributed by atoms with E-state index in [0.717, 1.165) is 77.0 Å². The summed E-state index contributed by atoms with van der Waals surface area (Å²) in [7, 11) is 0. The van der Waals surface area contributed by atoms with Gasteiger partial charge >= 0.3 is 0 Å². The van der Waals surface area contributed by atoms with Crippen LogP contribution in [0.1, 0.15) is 0 Å². The van der Waals surface area contributed by atoms with Crippen LogP contribution in [0.4, 0.5) is 0 Å². The van der Waals surface area contributed by atoms with E-state index in [4.69, 9.17) is 19.4 Å². The summed E-state index contributed by atoms with van der Waals surface area (Å²) in [5.74, 6) is 1.82. The van der Waals surface area contributed by atoms with E-state index in [0.29, 0.717) is 17.5 Å². The minimum atomic E-state index is 0.585. The van der Waals surface area contributed by atoms with Crippen molar-refractivity contribution in [1.29, 1.82) is 0 Å². The molecule has 51 heavy (non-hydrogen) atoms. The first-order valence-corrected chi connectivity index (χ1v) is 17.1. The van der Waals surface area contributed by atoms with Crippen LogP contribution in [0.25, 0.3) is 99.9 Å². The number of hydrogen-bond acceptors (Lipinski definition) is 4. The molecule has 0 aliphatic rings. The first-order valence-electron chi connectivity index (χ1n) is 17.1. The third-order valence-electron chi connectivity index (χ3n) is 9.69. The Labute approximate surface area is 294 Å². The maximum Gasteiger partial charge on any atom is 0.164 e. The fourth-order valence-electron chi connectivity index (χ4n) is 7.23. The molecular formula is C47H29N3O. The first-order chi connectivity index (χ1) is 25.3. The van der Waals surface area contributed by atoms with Gasteiger partial charge in [-0.25, -0.2) is 15.0 Å². The Kier molecular flexibility index (Phi) is 6.78. The molecule has 10 aromatic rings. The maximum absolute atomic E-state index is 6.79. The molecule has 0 radical (unpaired) electrons. The number of hydrogen-bond donors (Lipinski definition) is 0. The molecule has 4 nitrogen and oxygen atoms in total. The van der Waals surface area contributed by atoms with Crippen LogP contribution in [0.5, 0.6) is 0 Å². The van der Waals surface area contributed by atoms with Gasteiger partial charge in [-0.05, 0) is 68.6 Å². The average molecular weight is 652 g/mol. The van der Waals surface area contributed by atoms with E-state index in [2.05, 4.69) is 133 Å². The Morgan fingerprint density at radius 3 is 1.59 bits per heavy atom. The van der Waals surface area contributed by atoms with Crippen molar-refractivity contribution in [3.05, 3.63) is 176 Å². The van der Waals surface area contributed by atoms with Crippen molar-refractivity contribution in [3.63, 3.8) is 0 Å². The molecule has 2 aromatic heterocycles. The van der Waals surface area contributed by atoms with E-state index < -0.39 is 0 Å². The largest absolute Gasteiger partial charge is 0.455 e. The average Bonchev–Trinajstić information content (AvgIpc) is 3.57. The summed E-state index contributed by atoms with van der Waals surface area (Å²) < 4.78 is 6.79. The van der Waals surface area contributed by atoms with Gasteiger partial charge in [-0.15, -0.1) is 0 Å². The smallest absolute Gasteiger partial charge is 0.164 e. The molecule has 4 heteroatoms. The lowest BCUT2D eigenvalue weighted by atomic mass is 9.95. The highest BCUT2D eigenvalue weighted by Gasteiger charge is 2.20. The summed E-state index contributed by atoms with van der Waals surface area (Å²) in [5, 5.41) is 6.76. The predicted molar refractivity (Wildman–Crippen MR) is 209 cm³/mol. The summed E-state index contributed by atoms with van der Waals surface area (Å²) in [6.45, 7) is 0. The van der Waals surface area contributed by atoms with Crippen LogP contribution in [-0.2, 0) is 0 Å². The van der Waals surface area contributed by atoms with E-state index in [1.165, 1.54) is 5.39 Å². The van der Waals surface area contributed by atoms with Gasteiger partial charge < -0.3 is 4.42 Å². The molecule has 2 heterocycles. The van der Waals surface area contributed by atoms with E-state index in [-0.39, 0.29) is 0 Å². The van der Waals surface area contributed by atoms with Gasteiger partial charge in [0.2, 0.25) is 0 Å². The number of fused-ring (bicyclic) bond motifs is 5. The van der Waals surface area contributed by atoms with Crippen molar-refractivity contribution >= 4 is 43.5 Å². The van der Waals surface area contributed by atoms with Crippen LogP contribution in [0.15, 0.2) is 180 Å². The van der Waals surface area contributed by atoms with Crippen LogP contribution in [0, 0.1) is 0 Å². The Morgan fingerprint density at radius 2 is 0.882 bits per heavy atom. The molecule has 0 saturated carbocycles. The van der Waals surface area contributed by atoms with Gasteiger partial charge in [0.25, 0.3) is 0 Å². The number of nitrogens with zero attached hydrogens (tertiary/aromatic N) is 3. The quantitative estimate of drug-likeness (QED) is 0.186. The fourth-order valence-corrected chi connectivity index (χ4v) is 7.23. The van der Waals surface area contributed by atoms with Crippen molar-refractivity contribution in [2.24, 2.45) is 0 Å². The van der Waals surface area contributed by atoms with Gasteiger partial charge in [-0.2, -0.15) is 0 Å². The van der Waals surface area contributed by atoms with E-state index in [1.54, 1.807) is 0 Å². The molecule has 0 aliphatic carbocycles. The third kappa shape index (κ3) is 5.04. The lowest BCUT2D eigenvalue weighted by Gasteiger charge is -2.13. The molecule has 8 aromatic carbocycles. The number of aromatic nitrogens is 3. The van der Waals surface area contributed by atoms with E-state index in [1.807, 2.05) is 42.5 Å². The van der Waals surface area contributed by atoms with Crippen LogP contribution in [-0.4, -0.2) is 15.0 Å². The molecule has 0 unspecified atom stereocenters. The highest BCUT2D eigenvalue weighted by molar-refractivity contribution is 6.18. The van der Waals surface area contributed by atoms with Gasteiger partial charge in [0.15, 0.2) is 17.5 Å². The zero-order chi connectivity index (χ0) is 33.7. The molecule has 0 bridgehead atoms. The van der Waals surface area contributed by atoms with Gasteiger partial charge in [0, 0.05) is 33.0 Å². The summed E-state index contributed by atoms with van der Waals surface area (Å²) in [4.78, 5) is 15.4. The minimum Gasteiger partial charge on any atom is -0.455 e. The molecule has 0 atom stereocenters. The standard InChI is InChI=1S/C47H29N3O/c1-4-14-30(15-5-1)39-26-33-20-10-11-21-34(33)27-41(39)47-49-45(32-18-8-3-9-19-32)48-46(50-47)36-24-25-38-40-28-35-22-12-13-23-37(35)43(31-16-6-2-7-17-31)44(40)51-42(38)29-36/h1-29H. The van der Waals surface area contributed by atoms with Crippen molar-refractivity contribution in [1.82, 2.24) is 15.0 Å². The Morgan fingerprint density at radius 1 is 0.333 bits per heavy atom. The zero-order valence-electron chi connectivity index (χ0n) is 27.5. The van der Waals surface area contributed by atoms with Gasteiger partial charge in [-0.1, -0.05) is 146 Å². The highest BCUT2D eigenvalue weighted by Crippen LogP contribution is 2.42. The summed E-state index contributed by atoms with van der Waals surface area (Å²) in [6.07, 6.45) is 0. The predicted octanol–water partition coefficient (Wildman–Crippen LogP) is 12.4. The molecule has 0 N–H and O–H groups in total. The normalized spacial score (nSPS) is 11.5. The van der Waals surface area contributed by atoms with Crippen molar-refractivity contribution in [2.75, 3.05) is 0 Å². The SMILES string of the molecule is c1ccc(-c2nc(-c3ccc4c(c3)oc3c(-c5ccccc5)c5ccccc5cc34)nc(-c3cc4ccccc4cc3-c3ccccc3)n2)cc1. The second kappa shape index (κ2) is 11.9. The van der Waals surface area contributed by atoms with Crippen LogP contribution in [0.3, 0.4) is 0 Å². The Bertz CT molecular complexity index is 2900. The highest BCUT2D eigenvalue weighted by atomic mass is 16.3. The Hall–Kier alpha value is -6.91. The van der Waals surface area contributed by atoms with Gasteiger partial charge in [0.1, 0.15) is 11.2 Å². The van der Waals surface area contributed by atoms with Crippen molar-refractivity contribution in [2.45, 2.75) is 0 Å². The zero-order valence-corrected chi connectivity index (χ0v) is 27.5. The molecule has 0 amide bonds. The number of benzene rings is 8. The molecule has 238 valence electrons. The fraction of sp³-hybridized carbons (Fsp3) is 0.